The molecular weight excluding hydrogens is 248 g/mol. The molecule has 0 saturated heterocycles. The van der Waals surface area contributed by atoms with E-state index in [2.05, 4.69) is 9.97 Å². The third-order valence-corrected chi connectivity index (χ3v) is 2.52. The minimum Gasteiger partial charge on any atom is -0.462 e. The SMILES string of the molecule is CCOC(=O)c1cnc2c(N(C)C)nccn2c1=O. The van der Waals surface area contributed by atoms with Crippen molar-refractivity contribution in [3.63, 3.8) is 0 Å². The maximum absolute atomic E-state index is 12.2. The Morgan fingerprint density at radius 1 is 1.42 bits per heavy atom. The second-order valence-corrected chi connectivity index (χ2v) is 4.04. The van der Waals surface area contributed by atoms with Crippen LogP contribution in [0.1, 0.15) is 17.3 Å². The van der Waals surface area contributed by atoms with Crippen molar-refractivity contribution in [2.45, 2.75) is 6.92 Å². The van der Waals surface area contributed by atoms with E-state index in [0.29, 0.717) is 11.5 Å². The Kier molecular flexibility index (Phi) is 3.46. The van der Waals surface area contributed by atoms with E-state index in [1.54, 1.807) is 25.9 Å². The summed E-state index contributed by atoms with van der Waals surface area (Å²) in [5.41, 5.74) is -0.158. The number of ether oxygens (including phenoxy) is 1. The van der Waals surface area contributed by atoms with Gasteiger partial charge in [0.15, 0.2) is 11.5 Å². The number of anilines is 1. The summed E-state index contributed by atoms with van der Waals surface area (Å²) in [6, 6.07) is 0. The zero-order chi connectivity index (χ0) is 14.0. The fourth-order valence-corrected chi connectivity index (χ4v) is 1.67. The van der Waals surface area contributed by atoms with E-state index >= 15 is 0 Å². The Bertz CT molecular complexity index is 678. The molecule has 0 aromatic carbocycles. The molecule has 0 N–H and O–H groups in total. The fourth-order valence-electron chi connectivity index (χ4n) is 1.67. The van der Waals surface area contributed by atoms with E-state index in [-0.39, 0.29) is 12.2 Å². The molecule has 0 bridgehead atoms. The Labute approximate surface area is 109 Å². The van der Waals surface area contributed by atoms with Gasteiger partial charge in [-0.05, 0) is 6.92 Å². The topological polar surface area (TPSA) is 76.8 Å². The van der Waals surface area contributed by atoms with Gasteiger partial charge in [0.25, 0.3) is 5.56 Å². The molecule has 7 heteroatoms. The monoisotopic (exact) mass is 262 g/mol. The number of aromatic nitrogens is 3. The minimum absolute atomic E-state index is 0.0877. The first-order valence-corrected chi connectivity index (χ1v) is 5.77. The van der Waals surface area contributed by atoms with Crippen LogP contribution in [-0.2, 0) is 4.74 Å². The average Bonchev–Trinajstić information content (AvgIpc) is 2.38. The van der Waals surface area contributed by atoms with E-state index in [4.69, 9.17) is 4.74 Å². The quantitative estimate of drug-likeness (QED) is 0.742. The molecule has 100 valence electrons. The second-order valence-electron chi connectivity index (χ2n) is 4.04. The molecule has 7 nitrogen and oxygen atoms in total. The lowest BCUT2D eigenvalue weighted by molar-refractivity contribution is 0.0523. The van der Waals surface area contributed by atoms with Gasteiger partial charge in [0.1, 0.15) is 5.56 Å². The molecule has 0 saturated carbocycles. The Morgan fingerprint density at radius 2 is 2.16 bits per heavy atom. The third-order valence-electron chi connectivity index (χ3n) is 2.52. The van der Waals surface area contributed by atoms with E-state index in [9.17, 15) is 9.59 Å². The molecule has 0 amide bonds. The fraction of sp³-hybridized carbons (Fsp3) is 0.333. The van der Waals surface area contributed by atoms with Gasteiger partial charge in [-0.3, -0.25) is 9.20 Å². The largest absolute Gasteiger partial charge is 0.462 e. The second kappa shape index (κ2) is 5.05. The van der Waals surface area contributed by atoms with E-state index in [0.717, 1.165) is 0 Å². The summed E-state index contributed by atoms with van der Waals surface area (Å²) in [6.07, 6.45) is 4.19. The van der Waals surface area contributed by atoms with Crippen LogP contribution in [0.3, 0.4) is 0 Å². The maximum Gasteiger partial charge on any atom is 0.345 e. The molecule has 0 aliphatic carbocycles. The first-order chi connectivity index (χ1) is 9.06. The van der Waals surface area contributed by atoms with Crippen LogP contribution in [0.25, 0.3) is 5.65 Å². The highest BCUT2D eigenvalue weighted by atomic mass is 16.5. The van der Waals surface area contributed by atoms with Crippen LogP contribution in [0.5, 0.6) is 0 Å². The summed E-state index contributed by atoms with van der Waals surface area (Å²) < 4.78 is 6.10. The van der Waals surface area contributed by atoms with E-state index < -0.39 is 11.5 Å². The molecule has 0 spiro atoms. The molecule has 0 unspecified atom stereocenters. The number of nitrogens with zero attached hydrogens (tertiary/aromatic N) is 4. The molecule has 19 heavy (non-hydrogen) atoms. The first kappa shape index (κ1) is 13.0. The van der Waals surface area contributed by atoms with E-state index in [1.807, 2.05) is 0 Å². The van der Waals surface area contributed by atoms with Crippen molar-refractivity contribution in [1.29, 1.82) is 0 Å². The van der Waals surface area contributed by atoms with Crippen molar-refractivity contribution in [2.75, 3.05) is 25.6 Å². The normalized spacial score (nSPS) is 10.5. The minimum atomic E-state index is -0.669. The maximum atomic E-state index is 12.2. The van der Waals surface area contributed by atoms with Gasteiger partial charge in [-0.1, -0.05) is 0 Å². The summed E-state index contributed by atoms with van der Waals surface area (Å²) in [5.74, 6) is -0.118. The number of carbonyl (C=O) groups is 1. The summed E-state index contributed by atoms with van der Waals surface area (Å²) in [7, 11) is 3.60. The Balaban J connectivity index is 2.67. The molecule has 2 heterocycles. The number of esters is 1. The summed E-state index contributed by atoms with van der Waals surface area (Å²) in [6.45, 7) is 1.89. The molecule has 0 radical (unpaired) electrons. The standard InChI is InChI=1S/C12H14N4O3/c1-4-19-12(18)8-7-14-10-9(15(2)3)13-5-6-16(10)11(8)17/h5-7H,4H2,1-3H3. The smallest absolute Gasteiger partial charge is 0.345 e. The molecule has 2 aromatic rings. The van der Waals surface area contributed by atoms with Crippen LogP contribution in [0.15, 0.2) is 23.4 Å². The first-order valence-electron chi connectivity index (χ1n) is 5.77. The van der Waals surface area contributed by atoms with Crippen molar-refractivity contribution in [2.24, 2.45) is 0 Å². The number of hydrogen-bond donors (Lipinski definition) is 0. The number of hydrogen-bond acceptors (Lipinski definition) is 6. The summed E-state index contributed by atoms with van der Waals surface area (Å²) in [5, 5.41) is 0. The molecule has 2 rings (SSSR count). The van der Waals surface area contributed by atoms with Crippen LogP contribution in [0.4, 0.5) is 5.82 Å². The van der Waals surface area contributed by atoms with Crippen LogP contribution in [0, 0.1) is 0 Å². The van der Waals surface area contributed by atoms with Crippen molar-refractivity contribution in [3.05, 3.63) is 34.5 Å². The molecular formula is C12H14N4O3. The predicted molar refractivity (Wildman–Crippen MR) is 69.5 cm³/mol. The van der Waals surface area contributed by atoms with Gasteiger partial charge >= 0.3 is 5.97 Å². The van der Waals surface area contributed by atoms with Crippen LogP contribution < -0.4 is 10.5 Å². The zero-order valence-electron chi connectivity index (χ0n) is 11.0. The Hall–Kier alpha value is -2.44. The molecule has 2 aromatic heterocycles. The van der Waals surface area contributed by atoms with Crippen LogP contribution in [-0.4, -0.2) is 41.0 Å². The predicted octanol–water partition coefficient (Wildman–Crippen LogP) is 0.332. The van der Waals surface area contributed by atoms with Gasteiger partial charge in [-0.25, -0.2) is 14.8 Å². The Morgan fingerprint density at radius 3 is 2.79 bits per heavy atom. The van der Waals surface area contributed by atoms with Crippen molar-refractivity contribution >= 4 is 17.4 Å². The highest BCUT2D eigenvalue weighted by Crippen LogP contribution is 2.12. The van der Waals surface area contributed by atoms with Gasteiger partial charge in [0.2, 0.25) is 0 Å². The van der Waals surface area contributed by atoms with Crippen molar-refractivity contribution in [1.82, 2.24) is 14.4 Å². The van der Waals surface area contributed by atoms with Gasteiger partial charge < -0.3 is 9.64 Å². The lowest BCUT2D eigenvalue weighted by Gasteiger charge is -2.13. The average molecular weight is 262 g/mol. The van der Waals surface area contributed by atoms with Gasteiger partial charge in [0, 0.05) is 32.7 Å². The highest BCUT2D eigenvalue weighted by Gasteiger charge is 2.16. The van der Waals surface area contributed by atoms with Gasteiger partial charge in [-0.2, -0.15) is 0 Å². The van der Waals surface area contributed by atoms with E-state index in [1.165, 1.54) is 23.0 Å². The molecule has 0 fully saturated rings. The third kappa shape index (κ3) is 2.26. The van der Waals surface area contributed by atoms with Crippen LogP contribution >= 0.6 is 0 Å². The van der Waals surface area contributed by atoms with Gasteiger partial charge in [0.05, 0.1) is 6.61 Å². The highest BCUT2D eigenvalue weighted by molar-refractivity contribution is 5.89. The number of rotatable bonds is 3. The number of fused-ring (bicyclic) bond motifs is 1. The van der Waals surface area contributed by atoms with Gasteiger partial charge in [-0.15, -0.1) is 0 Å². The lowest BCUT2D eigenvalue weighted by atomic mass is 10.3. The zero-order valence-corrected chi connectivity index (χ0v) is 11.0. The summed E-state index contributed by atoms with van der Waals surface area (Å²) >= 11 is 0. The van der Waals surface area contributed by atoms with Crippen molar-refractivity contribution in [3.8, 4) is 0 Å². The molecule has 0 atom stereocenters. The molecule has 0 aliphatic rings. The molecule has 0 aliphatic heterocycles. The van der Waals surface area contributed by atoms with Crippen LogP contribution in [0.2, 0.25) is 0 Å². The van der Waals surface area contributed by atoms with Crippen molar-refractivity contribution < 1.29 is 9.53 Å². The summed E-state index contributed by atoms with van der Waals surface area (Å²) in [4.78, 5) is 33.8. The number of carbonyl (C=O) groups excluding carboxylic acids is 1. The lowest BCUT2D eigenvalue weighted by Crippen LogP contribution is -2.26.